The summed E-state index contributed by atoms with van der Waals surface area (Å²) in [6, 6.07) is 11.5. The van der Waals surface area contributed by atoms with Crippen molar-refractivity contribution in [3.63, 3.8) is 0 Å². The van der Waals surface area contributed by atoms with E-state index in [1.807, 2.05) is 24.3 Å². The number of hydrogen-bond donors (Lipinski definition) is 1. The lowest BCUT2D eigenvalue weighted by Gasteiger charge is -2.01. The number of hydrogen-bond acceptors (Lipinski definition) is 4. The molecule has 2 aromatic heterocycles. The van der Waals surface area contributed by atoms with E-state index in [4.69, 9.17) is 0 Å². The van der Waals surface area contributed by atoms with Crippen LogP contribution in [-0.4, -0.2) is 15.9 Å². The molecule has 0 atom stereocenters. The fourth-order valence-electron chi connectivity index (χ4n) is 2.14. The van der Waals surface area contributed by atoms with Crippen LogP contribution in [0, 0.1) is 0 Å². The summed E-state index contributed by atoms with van der Waals surface area (Å²) in [6.07, 6.45) is 4.05. The molecule has 0 bridgehead atoms. The first kappa shape index (κ1) is 15.8. The molecule has 1 aromatic carbocycles. The highest BCUT2D eigenvalue weighted by Crippen LogP contribution is 2.32. The summed E-state index contributed by atoms with van der Waals surface area (Å²) in [4.78, 5) is 21.9. The quantitative estimate of drug-likeness (QED) is 0.700. The second kappa shape index (κ2) is 7.02. The zero-order chi connectivity index (χ0) is 16.2. The number of carbonyl (C=O) groups is 1. The van der Waals surface area contributed by atoms with Gasteiger partial charge in [0.05, 0.1) is 11.3 Å². The Hall–Kier alpha value is -2.05. The van der Waals surface area contributed by atoms with Crippen molar-refractivity contribution in [2.75, 3.05) is 5.32 Å². The maximum Gasteiger partial charge on any atom is 0.259 e. The minimum atomic E-state index is -0.197. The summed E-state index contributed by atoms with van der Waals surface area (Å²) < 4.78 is 1.03. The van der Waals surface area contributed by atoms with Crippen LogP contribution in [0.2, 0.25) is 0 Å². The molecule has 1 N–H and O–H groups in total. The van der Waals surface area contributed by atoms with Gasteiger partial charge in [0.15, 0.2) is 5.13 Å². The molecule has 0 spiro atoms. The number of aryl methyl sites for hydroxylation is 1. The van der Waals surface area contributed by atoms with E-state index in [9.17, 15) is 4.79 Å². The Morgan fingerprint density at radius 3 is 2.70 bits per heavy atom. The SMILES string of the molecule is CCc1sc(NC(=O)c2cccnc2)nc1-c1ccc(Br)cc1. The lowest BCUT2D eigenvalue weighted by molar-refractivity contribution is 0.102. The molecule has 6 heteroatoms. The molecule has 116 valence electrons. The molecule has 0 aliphatic heterocycles. The van der Waals surface area contributed by atoms with Crippen molar-refractivity contribution in [2.45, 2.75) is 13.3 Å². The van der Waals surface area contributed by atoms with Crippen molar-refractivity contribution in [3.05, 3.63) is 63.7 Å². The van der Waals surface area contributed by atoms with Crippen LogP contribution in [0.5, 0.6) is 0 Å². The Labute approximate surface area is 146 Å². The number of thiazole rings is 1. The molecule has 0 aliphatic rings. The van der Waals surface area contributed by atoms with Crippen molar-refractivity contribution < 1.29 is 4.79 Å². The molecule has 0 fully saturated rings. The number of rotatable bonds is 4. The van der Waals surface area contributed by atoms with Gasteiger partial charge in [0.25, 0.3) is 5.91 Å². The van der Waals surface area contributed by atoms with Crippen LogP contribution in [0.4, 0.5) is 5.13 Å². The fourth-order valence-corrected chi connectivity index (χ4v) is 3.33. The van der Waals surface area contributed by atoms with Gasteiger partial charge in [0.1, 0.15) is 0 Å². The second-order valence-corrected chi connectivity index (χ2v) is 6.85. The number of anilines is 1. The van der Waals surface area contributed by atoms with E-state index in [0.717, 1.165) is 27.0 Å². The van der Waals surface area contributed by atoms with E-state index in [1.54, 1.807) is 24.5 Å². The van der Waals surface area contributed by atoms with Crippen LogP contribution in [-0.2, 0) is 6.42 Å². The molecule has 23 heavy (non-hydrogen) atoms. The number of nitrogens with zero attached hydrogens (tertiary/aromatic N) is 2. The van der Waals surface area contributed by atoms with E-state index in [0.29, 0.717) is 10.7 Å². The second-order valence-electron chi connectivity index (χ2n) is 4.85. The molecule has 3 aromatic rings. The number of halogens is 1. The first-order valence-electron chi connectivity index (χ1n) is 7.14. The van der Waals surface area contributed by atoms with E-state index < -0.39 is 0 Å². The average molecular weight is 388 g/mol. The van der Waals surface area contributed by atoms with Crippen LogP contribution >= 0.6 is 27.3 Å². The van der Waals surface area contributed by atoms with Crippen molar-refractivity contribution in [1.82, 2.24) is 9.97 Å². The van der Waals surface area contributed by atoms with Gasteiger partial charge in [0.2, 0.25) is 0 Å². The topological polar surface area (TPSA) is 54.9 Å². The van der Waals surface area contributed by atoms with Crippen molar-refractivity contribution in [1.29, 1.82) is 0 Å². The van der Waals surface area contributed by atoms with Gasteiger partial charge >= 0.3 is 0 Å². The molecule has 2 heterocycles. The van der Waals surface area contributed by atoms with E-state index >= 15 is 0 Å². The molecule has 0 aliphatic carbocycles. The van der Waals surface area contributed by atoms with Gasteiger partial charge in [0, 0.05) is 27.3 Å². The Kier molecular flexibility index (Phi) is 4.83. The predicted molar refractivity (Wildman–Crippen MR) is 96.8 cm³/mol. The summed E-state index contributed by atoms with van der Waals surface area (Å²) in [6.45, 7) is 2.09. The highest BCUT2D eigenvalue weighted by atomic mass is 79.9. The van der Waals surface area contributed by atoms with Gasteiger partial charge in [-0.05, 0) is 30.7 Å². The van der Waals surface area contributed by atoms with Crippen LogP contribution in [0.25, 0.3) is 11.3 Å². The molecular weight excluding hydrogens is 374 g/mol. The number of carbonyl (C=O) groups excluding carboxylic acids is 1. The molecule has 4 nitrogen and oxygen atoms in total. The van der Waals surface area contributed by atoms with Gasteiger partial charge in [-0.2, -0.15) is 0 Å². The molecule has 0 radical (unpaired) electrons. The third kappa shape index (κ3) is 3.65. The minimum absolute atomic E-state index is 0.197. The molecule has 0 saturated heterocycles. The van der Waals surface area contributed by atoms with Crippen LogP contribution < -0.4 is 5.32 Å². The molecular formula is C17H14BrN3OS. The van der Waals surface area contributed by atoms with Gasteiger partial charge in [-0.25, -0.2) is 4.98 Å². The van der Waals surface area contributed by atoms with Gasteiger partial charge in [-0.1, -0.05) is 35.0 Å². The molecule has 3 rings (SSSR count). The highest BCUT2D eigenvalue weighted by Gasteiger charge is 2.14. The predicted octanol–water partition coefficient (Wildman–Crippen LogP) is 4.78. The number of pyridine rings is 1. The van der Waals surface area contributed by atoms with Gasteiger partial charge < -0.3 is 0 Å². The molecule has 0 saturated carbocycles. The largest absolute Gasteiger partial charge is 0.298 e. The Bertz CT molecular complexity index is 816. The van der Waals surface area contributed by atoms with Gasteiger partial charge in [-0.3, -0.25) is 15.1 Å². The zero-order valence-corrected chi connectivity index (χ0v) is 14.8. The first-order valence-corrected chi connectivity index (χ1v) is 8.75. The zero-order valence-electron chi connectivity index (χ0n) is 12.4. The summed E-state index contributed by atoms with van der Waals surface area (Å²) in [5.74, 6) is -0.197. The van der Waals surface area contributed by atoms with Crippen LogP contribution in [0.3, 0.4) is 0 Å². The molecule has 0 unspecified atom stereocenters. The Morgan fingerprint density at radius 2 is 2.04 bits per heavy atom. The van der Waals surface area contributed by atoms with E-state index in [-0.39, 0.29) is 5.91 Å². The lowest BCUT2D eigenvalue weighted by Crippen LogP contribution is -2.11. The third-order valence-electron chi connectivity index (χ3n) is 3.28. The minimum Gasteiger partial charge on any atom is -0.298 e. The van der Waals surface area contributed by atoms with Crippen molar-refractivity contribution >= 4 is 38.3 Å². The van der Waals surface area contributed by atoms with Crippen LogP contribution in [0.15, 0.2) is 53.3 Å². The lowest BCUT2D eigenvalue weighted by atomic mass is 10.1. The summed E-state index contributed by atoms with van der Waals surface area (Å²) >= 11 is 4.94. The normalized spacial score (nSPS) is 10.5. The van der Waals surface area contributed by atoms with Gasteiger partial charge in [-0.15, -0.1) is 11.3 Å². The maximum atomic E-state index is 12.2. The third-order valence-corrected chi connectivity index (χ3v) is 4.92. The summed E-state index contributed by atoms with van der Waals surface area (Å²) in [5, 5.41) is 3.46. The highest BCUT2D eigenvalue weighted by molar-refractivity contribution is 9.10. The van der Waals surface area contributed by atoms with E-state index in [1.165, 1.54) is 11.3 Å². The smallest absolute Gasteiger partial charge is 0.259 e. The number of amides is 1. The maximum absolute atomic E-state index is 12.2. The standard InChI is InChI=1S/C17H14BrN3OS/c1-2-14-15(11-5-7-13(18)8-6-11)20-17(23-14)21-16(22)12-4-3-9-19-10-12/h3-10H,2H2,1H3,(H,20,21,22). The molecule has 1 amide bonds. The van der Waals surface area contributed by atoms with Crippen molar-refractivity contribution in [3.8, 4) is 11.3 Å². The Balaban J connectivity index is 1.87. The monoisotopic (exact) mass is 387 g/mol. The number of benzene rings is 1. The average Bonchev–Trinajstić information content (AvgIpc) is 2.99. The number of aromatic nitrogens is 2. The Morgan fingerprint density at radius 1 is 1.26 bits per heavy atom. The fraction of sp³-hybridized carbons (Fsp3) is 0.118. The summed E-state index contributed by atoms with van der Waals surface area (Å²) in [5.41, 5.74) is 2.49. The van der Waals surface area contributed by atoms with Crippen LogP contribution in [0.1, 0.15) is 22.2 Å². The van der Waals surface area contributed by atoms with Crippen molar-refractivity contribution in [2.24, 2.45) is 0 Å². The van der Waals surface area contributed by atoms with E-state index in [2.05, 4.69) is 38.1 Å². The first-order chi connectivity index (χ1) is 11.2. The summed E-state index contributed by atoms with van der Waals surface area (Å²) in [7, 11) is 0. The number of nitrogens with one attached hydrogen (secondary N) is 1.